The second-order valence-electron chi connectivity index (χ2n) is 5.79. The van der Waals surface area contributed by atoms with Gasteiger partial charge in [0, 0.05) is 38.1 Å². The monoisotopic (exact) mass is 298 g/mol. The van der Waals surface area contributed by atoms with Gasteiger partial charge < -0.3 is 9.55 Å². The molecule has 3 aromatic heterocycles. The van der Waals surface area contributed by atoms with Crippen LogP contribution in [0.3, 0.4) is 0 Å². The maximum absolute atomic E-state index is 12.1. The number of H-pyrrole nitrogens is 1. The van der Waals surface area contributed by atoms with Gasteiger partial charge in [-0.1, -0.05) is 0 Å². The summed E-state index contributed by atoms with van der Waals surface area (Å²) < 4.78 is 3.92. The maximum atomic E-state index is 12.1. The Morgan fingerprint density at radius 3 is 3.14 bits per heavy atom. The number of hydrogen-bond acceptors (Lipinski definition) is 4. The number of rotatable bonds is 2. The molecule has 0 radical (unpaired) electrons. The minimum atomic E-state index is -0.124. The summed E-state index contributed by atoms with van der Waals surface area (Å²) >= 11 is 0. The van der Waals surface area contributed by atoms with E-state index in [1.54, 1.807) is 17.9 Å². The second kappa shape index (κ2) is 4.81. The molecule has 1 atom stereocenters. The fourth-order valence-electron chi connectivity index (χ4n) is 3.19. The average molecular weight is 298 g/mol. The number of nitrogens with zero attached hydrogens (tertiary/aromatic N) is 5. The Morgan fingerprint density at radius 2 is 2.27 bits per heavy atom. The van der Waals surface area contributed by atoms with E-state index in [2.05, 4.69) is 49.8 Å². The van der Waals surface area contributed by atoms with Gasteiger partial charge in [-0.05, 0) is 19.1 Å². The van der Waals surface area contributed by atoms with Crippen molar-refractivity contribution >= 4 is 11.0 Å². The molecule has 7 nitrogen and oxygen atoms in total. The summed E-state index contributed by atoms with van der Waals surface area (Å²) in [6.07, 6.45) is 3.67. The fourth-order valence-corrected chi connectivity index (χ4v) is 3.19. The van der Waals surface area contributed by atoms with Gasteiger partial charge in [0.2, 0.25) is 0 Å². The third-order valence-electron chi connectivity index (χ3n) is 4.47. The van der Waals surface area contributed by atoms with Crippen LogP contribution in [0.4, 0.5) is 0 Å². The lowest BCUT2D eigenvalue weighted by Gasteiger charge is -2.34. The van der Waals surface area contributed by atoms with Gasteiger partial charge in [-0.25, -0.2) is 4.98 Å². The van der Waals surface area contributed by atoms with Gasteiger partial charge in [0.25, 0.3) is 5.56 Å². The van der Waals surface area contributed by atoms with E-state index < -0.39 is 0 Å². The van der Waals surface area contributed by atoms with Crippen molar-refractivity contribution in [2.45, 2.75) is 26.1 Å². The normalized spacial score (nSPS) is 18.7. The molecule has 0 amide bonds. The van der Waals surface area contributed by atoms with E-state index in [-0.39, 0.29) is 5.56 Å². The van der Waals surface area contributed by atoms with Crippen molar-refractivity contribution in [3.05, 3.63) is 46.4 Å². The summed E-state index contributed by atoms with van der Waals surface area (Å²) in [4.78, 5) is 21.9. The van der Waals surface area contributed by atoms with Crippen molar-refractivity contribution in [1.82, 2.24) is 29.2 Å². The number of aromatic nitrogens is 5. The van der Waals surface area contributed by atoms with Crippen molar-refractivity contribution in [1.29, 1.82) is 0 Å². The molecule has 0 saturated heterocycles. The van der Waals surface area contributed by atoms with Crippen LogP contribution in [0.25, 0.3) is 11.0 Å². The molecule has 0 spiro atoms. The molecule has 0 aromatic carbocycles. The first-order valence-corrected chi connectivity index (χ1v) is 7.43. The number of nitrogens with one attached hydrogen (secondary N) is 1. The van der Waals surface area contributed by atoms with E-state index in [0.717, 1.165) is 13.1 Å². The largest absolute Gasteiger partial charge is 0.349 e. The summed E-state index contributed by atoms with van der Waals surface area (Å²) in [6.45, 7) is 4.72. The Bertz CT molecular complexity index is 889. The topological polar surface area (TPSA) is 71.7 Å². The molecule has 3 aromatic rings. The molecule has 0 aliphatic carbocycles. The average Bonchev–Trinajstić information content (AvgIpc) is 3.10. The van der Waals surface area contributed by atoms with E-state index in [4.69, 9.17) is 0 Å². The number of aryl methyl sites for hydroxylation is 1. The van der Waals surface area contributed by atoms with Crippen molar-refractivity contribution in [2.75, 3.05) is 6.54 Å². The lowest BCUT2D eigenvalue weighted by molar-refractivity contribution is 0.157. The molecule has 22 heavy (non-hydrogen) atoms. The van der Waals surface area contributed by atoms with Gasteiger partial charge in [0.1, 0.15) is 11.2 Å². The van der Waals surface area contributed by atoms with Gasteiger partial charge in [-0.2, -0.15) is 5.10 Å². The van der Waals surface area contributed by atoms with E-state index in [9.17, 15) is 4.79 Å². The lowest BCUT2D eigenvalue weighted by Crippen LogP contribution is -2.36. The quantitative estimate of drug-likeness (QED) is 0.767. The second-order valence-corrected chi connectivity index (χ2v) is 5.79. The molecule has 1 aliphatic rings. The van der Waals surface area contributed by atoms with Crippen LogP contribution in [0.5, 0.6) is 0 Å². The Labute approximate surface area is 127 Å². The zero-order valence-corrected chi connectivity index (χ0v) is 12.7. The van der Waals surface area contributed by atoms with Crippen LogP contribution < -0.4 is 5.56 Å². The van der Waals surface area contributed by atoms with Gasteiger partial charge >= 0.3 is 0 Å². The zero-order valence-electron chi connectivity index (χ0n) is 12.7. The number of hydrogen-bond donors (Lipinski definition) is 1. The van der Waals surface area contributed by atoms with Gasteiger partial charge in [0.15, 0.2) is 5.65 Å². The van der Waals surface area contributed by atoms with Crippen molar-refractivity contribution < 1.29 is 0 Å². The first-order chi connectivity index (χ1) is 10.6. The number of fused-ring (bicyclic) bond motifs is 2. The lowest BCUT2D eigenvalue weighted by atomic mass is 10.1. The van der Waals surface area contributed by atoms with Crippen LogP contribution in [-0.4, -0.2) is 35.8 Å². The molecule has 4 rings (SSSR count). The van der Waals surface area contributed by atoms with Gasteiger partial charge in [-0.15, -0.1) is 0 Å². The Morgan fingerprint density at radius 1 is 1.41 bits per heavy atom. The molecular weight excluding hydrogens is 280 g/mol. The minimum absolute atomic E-state index is 0.124. The molecule has 4 heterocycles. The molecule has 1 aliphatic heterocycles. The summed E-state index contributed by atoms with van der Waals surface area (Å²) in [7, 11) is 1.80. The molecule has 1 N–H and O–H groups in total. The zero-order chi connectivity index (χ0) is 15.3. The SMILES string of the molecule is C[C@H]1c2cccn2CCN1Cc1nc2c(cnn2C)c(=O)[nH]1. The van der Waals surface area contributed by atoms with E-state index >= 15 is 0 Å². The van der Waals surface area contributed by atoms with Crippen LogP contribution in [-0.2, 0) is 20.1 Å². The molecule has 0 unspecified atom stereocenters. The summed E-state index contributed by atoms with van der Waals surface area (Å²) in [5.74, 6) is 0.688. The van der Waals surface area contributed by atoms with E-state index in [1.165, 1.54) is 5.69 Å². The molecule has 0 fully saturated rings. The van der Waals surface area contributed by atoms with Gasteiger partial charge in [0.05, 0.1) is 12.7 Å². The highest BCUT2D eigenvalue weighted by Crippen LogP contribution is 2.26. The number of aromatic amines is 1. The predicted octanol–water partition coefficient (Wildman–Crippen LogP) is 1.03. The Kier molecular flexibility index (Phi) is 2.90. The van der Waals surface area contributed by atoms with Crippen LogP contribution >= 0.6 is 0 Å². The minimum Gasteiger partial charge on any atom is -0.349 e. The first kappa shape index (κ1) is 13.3. The highest BCUT2D eigenvalue weighted by Gasteiger charge is 2.24. The molecule has 7 heteroatoms. The van der Waals surface area contributed by atoms with Crippen LogP contribution in [0.15, 0.2) is 29.3 Å². The maximum Gasteiger partial charge on any atom is 0.262 e. The van der Waals surface area contributed by atoms with Crippen LogP contribution in [0.2, 0.25) is 0 Å². The Balaban J connectivity index is 1.67. The molecule has 0 saturated carbocycles. The summed E-state index contributed by atoms with van der Waals surface area (Å²) in [5.41, 5.74) is 1.81. The van der Waals surface area contributed by atoms with Crippen LogP contribution in [0.1, 0.15) is 24.5 Å². The van der Waals surface area contributed by atoms with Crippen LogP contribution in [0, 0.1) is 0 Å². The highest BCUT2D eigenvalue weighted by molar-refractivity contribution is 5.72. The Hall–Kier alpha value is -2.41. The van der Waals surface area contributed by atoms with Crippen molar-refractivity contribution in [3.63, 3.8) is 0 Å². The highest BCUT2D eigenvalue weighted by atomic mass is 16.1. The first-order valence-electron chi connectivity index (χ1n) is 7.43. The van der Waals surface area contributed by atoms with Gasteiger partial charge in [-0.3, -0.25) is 14.4 Å². The van der Waals surface area contributed by atoms with Crippen molar-refractivity contribution in [2.24, 2.45) is 7.05 Å². The summed E-state index contributed by atoms with van der Waals surface area (Å²) in [5, 5.41) is 4.63. The molecular formula is C15H18N6O. The smallest absolute Gasteiger partial charge is 0.262 e. The third-order valence-corrected chi connectivity index (χ3v) is 4.47. The standard InChI is InChI=1S/C15H18N6O/c1-10-12-4-3-5-20(12)6-7-21(10)9-13-17-14-11(15(22)18-13)8-16-19(14)2/h3-5,8,10H,6-7,9H2,1-2H3,(H,17,18,22)/t10-/m0/s1. The van der Waals surface area contributed by atoms with E-state index in [1.807, 2.05) is 0 Å². The fraction of sp³-hybridized carbons (Fsp3) is 0.400. The van der Waals surface area contributed by atoms with Crippen molar-refractivity contribution in [3.8, 4) is 0 Å². The van der Waals surface area contributed by atoms with E-state index in [0.29, 0.717) is 29.4 Å². The predicted molar refractivity (Wildman–Crippen MR) is 82.4 cm³/mol. The third kappa shape index (κ3) is 1.97. The summed E-state index contributed by atoms with van der Waals surface area (Å²) in [6, 6.07) is 4.53. The molecule has 0 bridgehead atoms. The molecule has 114 valence electrons.